The second kappa shape index (κ2) is 6.81. The number of rotatable bonds is 4. The van der Waals surface area contributed by atoms with Crippen molar-refractivity contribution in [1.82, 2.24) is 10.6 Å². The molecule has 2 aromatic rings. The fourth-order valence-corrected chi connectivity index (χ4v) is 2.97. The first-order valence-electron chi connectivity index (χ1n) is 7.77. The number of β-amino-alcohol motifs (C(OH)–C–C–N with tert-alkyl or cyclic N) is 1. The average molecular weight is 347 g/mol. The quantitative estimate of drug-likeness (QED) is 0.684. The van der Waals surface area contributed by atoms with E-state index in [0.29, 0.717) is 34.7 Å². The summed E-state index contributed by atoms with van der Waals surface area (Å²) in [6.07, 6.45) is 0.615. The Hall–Kier alpha value is -2.08. The topological polar surface area (TPSA) is 81.6 Å². The van der Waals surface area contributed by atoms with Crippen molar-refractivity contribution in [3.8, 4) is 16.9 Å². The molecule has 2 aromatic carbocycles. The number of carbonyl (C=O) groups excluding carboxylic acids is 1. The van der Waals surface area contributed by atoms with Crippen molar-refractivity contribution in [1.29, 1.82) is 0 Å². The zero-order valence-corrected chi connectivity index (χ0v) is 13.8. The molecule has 0 bridgehead atoms. The molecule has 0 unspecified atom stereocenters. The fraction of sp³-hybridized carbons (Fsp3) is 0.278. The number of phenolic OH excluding ortho intramolecular Hbond substituents is 1. The van der Waals surface area contributed by atoms with Gasteiger partial charge in [-0.05, 0) is 48.9 Å². The molecule has 1 amide bonds. The van der Waals surface area contributed by atoms with Crippen LogP contribution in [0.3, 0.4) is 0 Å². The van der Waals surface area contributed by atoms with Crippen LogP contribution in [0, 0.1) is 0 Å². The van der Waals surface area contributed by atoms with E-state index in [2.05, 4.69) is 10.6 Å². The summed E-state index contributed by atoms with van der Waals surface area (Å²) in [7, 11) is 0. The summed E-state index contributed by atoms with van der Waals surface area (Å²) in [5, 5.41) is 26.6. The highest BCUT2D eigenvalue weighted by Crippen LogP contribution is 2.32. The van der Waals surface area contributed by atoms with E-state index in [4.69, 9.17) is 11.6 Å². The zero-order chi connectivity index (χ0) is 17.2. The highest BCUT2D eigenvalue weighted by atomic mass is 35.5. The van der Waals surface area contributed by atoms with Gasteiger partial charge in [0.2, 0.25) is 0 Å². The number of phenols is 1. The maximum Gasteiger partial charge on any atom is 0.251 e. The summed E-state index contributed by atoms with van der Waals surface area (Å²) in [6, 6.07) is 11.7. The lowest BCUT2D eigenvalue weighted by Gasteiger charge is -2.21. The Kier molecular flexibility index (Phi) is 4.76. The number of hydrogen-bond acceptors (Lipinski definition) is 4. The van der Waals surface area contributed by atoms with Crippen LogP contribution in [0.25, 0.3) is 11.1 Å². The first-order chi connectivity index (χ1) is 11.5. The van der Waals surface area contributed by atoms with Gasteiger partial charge in [-0.25, -0.2) is 0 Å². The molecule has 6 heteroatoms. The first kappa shape index (κ1) is 16.8. The summed E-state index contributed by atoms with van der Waals surface area (Å²) < 4.78 is 0. The maximum absolute atomic E-state index is 12.3. The summed E-state index contributed by atoms with van der Waals surface area (Å²) >= 11 is 5.98. The Labute approximate surface area is 145 Å². The predicted octanol–water partition coefficient (Wildman–Crippen LogP) is 2.17. The molecule has 5 nitrogen and oxygen atoms in total. The second-order valence-corrected chi connectivity index (χ2v) is 6.51. The van der Waals surface area contributed by atoms with E-state index < -0.39 is 5.60 Å². The molecule has 0 saturated carbocycles. The number of benzene rings is 2. The van der Waals surface area contributed by atoms with Crippen molar-refractivity contribution < 1.29 is 15.0 Å². The Bertz CT molecular complexity index is 758. The van der Waals surface area contributed by atoms with E-state index in [1.165, 1.54) is 6.07 Å². The molecule has 0 aliphatic carbocycles. The predicted molar refractivity (Wildman–Crippen MR) is 93.3 cm³/mol. The number of aliphatic hydroxyl groups is 1. The zero-order valence-electron chi connectivity index (χ0n) is 13.1. The largest absolute Gasteiger partial charge is 0.507 e. The minimum Gasteiger partial charge on any atom is -0.507 e. The summed E-state index contributed by atoms with van der Waals surface area (Å²) in [5.41, 5.74) is 0.833. The minimum absolute atomic E-state index is 0.100. The smallest absolute Gasteiger partial charge is 0.251 e. The van der Waals surface area contributed by atoms with Crippen LogP contribution < -0.4 is 10.6 Å². The Balaban J connectivity index is 1.77. The molecule has 1 aliphatic heterocycles. The van der Waals surface area contributed by atoms with Crippen LogP contribution in [-0.2, 0) is 0 Å². The summed E-state index contributed by atoms with van der Waals surface area (Å²) in [6.45, 7) is 1.42. The van der Waals surface area contributed by atoms with Crippen molar-refractivity contribution in [2.75, 3.05) is 19.6 Å². The number of amides is 1. The molecule has 4 N–H and O–H groups in total. The van der Waals surface area contributed by atoms with E-state index >= 15 is 0 Å². The normalized spacial score (nSPS) is 20.1. The van der Waals surface area contributed by atoms with Crippen molar-refractivity contribution in [2.45, 2.75) is 12.0 Å². The SMILES string of the molecule is O=C(NC[C@@]1(O)CCNC1)c1cccc(-c2cc(Cl)ccc2O)c1. The maximum atomic E-state index is 12.3. The van der Waals surface area contributed by atoms with Crippen LogP contribution in [0.2, 0.25) is 5.02 Å². The summed E-state index contributed by atoms with van der Waals surface area (Å²) in [5.74, 6) is -0.165. The number of halogens is 1. The molecule has 1 saturated heterocycles. The third-order valence-electron chi connectivity index (χ3n) is 4.19. The van der Waals surface area contributed by atoms with Gasteiger partial charge in [0.25, 0.3) is 5.91 Å². The van der Waals surface area contributed by atoms with Gasteiger partial charge in [-0.2, -0.15) is 0 Å². The molecule has 3 rings (SSSR count). The fourth-order valence-electron chi connectivity index (χ4n) is 2.80. The number of carbonyl (C=O) groups is 1. The van der Waals surface area contributed by atoms with Crippen LogP contribution in [0.15, 0.2) is 42.5 Å². The third kappa shape index (κ3) is 3.70. The lowest BCUT2D eigenvalue weighted by molar-refractivity contribution is 0.0562. The van der Waals surface area contributed by atoms with E-state index in [1.807, 2.05) is 0 Å². The number of nitrogens with one attached hydrogen (secondary N) is 2. The summed E-state index contributed by atoms with van der Waals surface area (Å²) in [4.78, 5) is 12.3. The standard InChI is InChI=1S/C18H19ClN2O3/c19-14-4-5-16(22)15(9-14)12-2-1-3-13(8-12)17(23)21-11-18(24)6-7-20-10-18/h1-5,8-9,20,22,24H,6-7,10-11H2,(H,21,23)/t18-/m1/s1. The van der Waals surface area contributed by atoms with Gasteiger partial charge in [-0.1, -0.05) is 23.7 Å². The average Bonchev–Trinajstić information content (AvgIpc) is 3.02. The molecule has 0 spiro atoms. The molecule has 24 heavy (non-hydrogen) atoms. The van der Waals surface area contributed by atoms with Crippen LogP contribution in [-0.4, -0.2) is 41.4 Å². The van der Waals surface area contributed by atoms with Gasteiger partial charge in [0.1, 0.15) is 5.75 Å². The van der Waals surface area contributed by atoms with Gasteiger partial charge >= 0.3 is 0 Å². The Morgan fingerprint density at radius 1 is 1.29 bits per heavy atom. The molecule has 1 atom stereocenters. The van der Waals surface area contributed by atoms with Crippen LogP contribution in [0.5, 0.6) is 5.75 Å². The van der Waals surface area contributed by atoms with Crippen LogP contribution >= 0.6 is 11.6 Å². The van der Waals surface area contributed by atoms with Gasteiger partial charge in [-0.15, -0.1) is 0 Å². The van der Waals surface area contributed by atoms with Gasteiger partial charge in [0.05, 0.1) is 5.60 Å². The highest BCUT2D eigenvalue weighted by molar-refractivity contribution is 6.31. The van der Waals surface area contributed by atoms with E-state index in [1.54, 1.807) is 36.4 Å². The lowest BCUT2D eigenvalue weighted by Crippen LogP contribution is -2.44. The molecule has 1 heterocycles. The molecule has 0 aromatic heterocycles. The van der Waals surface area contributed by atoms with Gasteiger partial charge < -0.3 is 20.8 Å². The molecule has 1 aliphatic rings. The molecule has 126 valence electrons. The van der Waals surface area contributed by atoms with Crippen molar-refractivity contribution >= 4 is 17.5 Å². The van der Waals surface area contributed by atoms with E-state index in [-0.39, 0.29) is 18.2 Å². The molecular formula is C18H19ClN2O3. The van der Waals surface area contributed by atoms with Gasteiger partial charge in [0, 0.05) is 29.2 Å². The van der Waals surface area contributed by atoms with Gasteiger partial charge in [-0.3, -0.25) is 4.79 Å². The number of aromatic hydroxyl groups is 1. The van der Waals surface area contributed by atoms with E-state index in [9.17, 15) is 15.0 Å². The van der Waals surface area contributed by atoms with Crippen LogP contribution in [0.4, 0.5) is 0 Å². The Morgan fingerprint density at radius 2 is 2.12 bits per heavy atom. The monoisotopic (exact) mass is 346 g/mol. The van der Waals surface area contributed by atoms with E-state index in [0.717, 1.165) is 6.54 Å². The first-order valence-corrected chi connectivity index (χ1v) is 8.15. The van der Waals surface area contributed by atoms with Crippen molar-refractivity contribution in [3.05, 3.63) is 53.1 Å². The van der Waals surface area contributed by atoms with Crippen molar-refractivity contribution in [3.63, 3.8) is 0 Å². The molecule has 0 radical (unpaired) electrons. The third-order valence-corrected chi connectivity index (χ3v) is 4.43. The Morgan fingerprint density at radius 3 is 2.88 bits per heavy atom. The highest BCUT2D eigenvalue weighted by Gasteiger charge is 2.31. The van der Waals surface area contributed by atoms with Gasteiger partial charge in [0.15, 0.2) is 0 Å². The lowest BCUT2D eigenvalue weighted by atomic mass is 10.0. The van der Waals surface area contributed by atoms with Crippen LogP contribution in [0.1, 0.15) is 16.8 Å². The second-order valence-electron chi connectivity index (χ2n) is 6.08. The van der Waals surface area contributed by atoms with Crippen molar-refractivity contribution in [2.24, 2.45) is 0 Å². The number of hydrogen-bond donors (Lipinski definition) is 4. The minimum atomic E-state index is -0.890. The molecular weight excluding hydrogens is 328 g/mol. The molecule has 1 fully saturated rings.